The molecule has 0 spiro atoms. The van der Waals surface area contributed by atoms with Crippen molar-refractivity contribution >= 4 is 11.8 Å². The molecule has 2 amide bonds. The van der Waals surface area contributed by atoms with Crippen LogP contribution in [0, 0.1) is 0 Å². The second kappa shape index (κ2) is 8.12. The normalized spacial score (nSPS) is 21.0. The molecule has 1 saturated heterocycles. The van der Waals surface area contributed by atoms with E-state index in [1.165, 1.54) is 6.92 Å². The molecule has 3 N–H and O–H groups in total. The first-order valence-electron chi connectivity index (χ1n) is 6.85. The zero-order chi connectivity index (χ0) is 14.3. The van der Waals surface area contributed by atoms with Gasteiger partial charge in [0.1, 0.15) is 0 Å². The van der Waals surface area contributed by atoms with Crippen molar-refractivity contribution in [1.29, 1.82) is 0 Å². The molecule has 2 atom stereocenters. The van der Waals surface area contributed by atoms with Gasteiger partial charge in [-0.25, -0.2) is 0 Å². The summed E-state index contributed by atoms with van der Waals surface area (Å²) in [4.78, 5) is 25.0. The summed E-state index contributed by atoms with van der Waals surface area (Å²) >= 11 is 0. The summed E-state index contributed by atoms with van der Waals surface area (Å²) in [5.74, 6) is -0.0742. The molecular weight excluding hydrogens is 246 g/mol. The Morgan fingerprint density at radius 3 is 2.89 bits per heavy atom. The molecule has 19 heavy (non-hydrogen) atoms. The fourth-order valence-corrected chi connectivity index (χ4v) is 2.39. The van der Waals surface area contributed by atoms with Gasteiger partial charge in [0.2, 0.25) is 11.8 Å². The van der Waals surface area contributed by atoms with Gasteiger partial charge < -0.3 is 20.7 Å². The van der Waals surface area contributed by atoms with Crippen molar-refractivity contribution in [1.82, 2.24) is 10.2 Å². The molecule has 0 bridgehead atoms. The van der Waals surface area contributed by atoms with Gasteiger partial charge in [-0.1, -0.05) is 0 Å². The van der Waals surface area contributed by atoms with Crippen molar-refractivity contribution in [2.24, 2.45) is 5.73 Å². The van der Waals surface area contributed by atoms with E-state index < -0.39 is 6.04 Å². The van der Waals surface area contributed by atoms with Gasteiger partial charge in [0, 0.05) is 39.8 Å². The smallest absolute Gasteiger partial charge is 0.239 e. The number of carbonyl (C=O) groups is 2. The lowest BCUT2D eigenvalue weighted by atomic mass is 10.0. The Morgan fingerprint density at radius 2 is 2.26 bits per heavy atom. The molecule has 6 heteroatoms. The minimum atomic E-state index is -0.466. The van der Waals surface area contributed by atoms with Gasteiger partial charge in [-0.3, -0.25) is 9.59 Å². The van der Waals surface area contributed by atoms with Crippen molar-refractivity contribution in [3.05, 3.63) is 0 Å². The van der Waals surface area contributed by atoms with Crippen molar-refractivity contribution in [2.75, 3.05) is 26.8 Å². The first kappa shape index (κ1) is 15.9. The van der Waals surface area contributed by atoms with Gasteiger partial charge in [0.05, 0.1) is 6.04 Å². The van der Waals surface area contributed by atoms with E-state index in [0.29, 0.717) is 19.6 Å². The van der Waals surface area contributed by atoms with Crippen LogP contribution in [-0.4, -0.2) is 55.6 Å². The van der Waals surface area contributed by atoms with Crippen LogP contribution in [0.1, 0.15) is 32.6 Å². The zero-order valence-electron chi connectivity index (χ0n) is 11.9. The maximum Gasteiger partial charge on any atom is 0.239 e. The van der Waals surface area contributed by atoms with Crippen LogP contribution in [0.4, 0.5) is 0 Å². The summed E-state index contributed by atoms with van der Waals surface area (Å²) in [5.41, 5.74) is 5.90. The maximum absolute atomic E-state index is 12.2. The number of ether oxygens (including phenoxy) is 1. The van der Waals surface area contributed by atoms with Gasteiger partial charge in [-0.2, -0.15) is 0 Å². The summed E-state index contributed by atoms with van der Waals surface area (Å²) in [6, 6.07) is -0.410. The number of hydrogen-bond donors (Lipinski definition) is 2. The number of nitrogens with two attached hydrogens (primary N) is 1. The van der Waals surface area contributed by atoms with E-state index in [2.05, 4.69) is 5.32 Å². The van der Waals surface area contributed by atoms with E-state index in [1.807, 2.05) is 0 Å². The van der Waals surface area contributed by atoms with E-state index >= 15 is 0 Å². The summed E-state index contributed by atoms with van der Waals surface area (Å²) < 4.78 is 4.95. The number of likely N-dealkylation sites (tertiary alicyclic amines) is 1. The van der Waals surface area contributed by atoms with Crippen LogP contribution in [0.25, 0.3) is 0 Å². The van der Waals surface area contributed by atoms with Gasteiger partial charge in [0.25, 0.3) is 0 Å². The molecule has 0 aromatic carbocycles. The molecular formula is C13H25N3O3. The number of hydrogen-bond acceptors (Lipinski definition) is 4. The summed E-state index contributed by atoms with van der Waals surface area (Å²) in [6.45, 7) is 3.41. The Morgan fingerprint density at radius 1 is 1.53 bits per heavy atom. The fourth-order valence-electron chi connectivity index (χ4n) is 2.39. The SMILES string of the molecule is COCCCC(N)C(=O)N1CCCC(NC(C)=O)C1. The highest BCUT2D eigenvalue weighted by Gasteiger charge is 2.27. The standard InChI is InChI=1S/C13H25N3O3/c1-10(17)15-11-5-3-7-16(9-11)13(18)12(14)6-4-8-19-2/h11-12H,3-9,14H2,1-2H3,(H,15,17). The van der Waals surface area contributed by atoms with Crippen molar-refractivity contribution in [2.45, 2.75) is 44.7 Å². The zero-order valence-corrected chi connectivity index (χ0v) is 11.9. The largest absolute Gasteiger partial charge is 0.385 e. The predicted octanol–water partition coefficient (Wildman–Crippen LogP) is -0.133. The molecule has 1 aliphatic heterocycles. The molecule has 0 saturated carbocycles. The number of methoxy groups -OCH3 is 1. The van der Waals surface area contributed by atoms with Crippen LogP contribution in [0.5, 0.6) is 0 Å². The van der Waals surface area contributed by atoms with Gasteiger partial charge in [-0.15, -0.1) is 0 Å². The van der Waals surface area contributed by atoms with Gasteiger partial charge in [-0.05, 0) is 25.7 Å². The van der Waals surface area contributed by atoms with Crippen molar-refractivity contribution in [3.63, 3.8) is 0 Å². The Bertz CT molecular complexity index is 310. The lowest BCUT2D eigenvalue weighted by Gasteiger charge is -2.34. The highest BCUT2D eigenvalue weighted by Crippen LogP contribution is 2.12. The predicted molar refractivity (Wildman–Crippen MR) is 72.5 cm³/mol. The van der Waals surface area contributed by atoms with Crippen LogP contribution in [0.2, 0.25) is 0 Å². The molecule has 0 aromatic rings. The summed E-state index contributed by atoms with van der Waals surface area (Å²) in [7, 11) is 1.63. The summed E-state index contributed by atoms with van der Waals surface area (Å²) in [5, 5.41) is 2.86. The average molecular weight is 271 g/mol. The van der Waals surface area contributed by atoms with E-state index in [1.54, 1.807) is 12.0 Å². The first-order valence-corrected chi connectivity index (χ1v) is 6.85. The topological polar surface area (TPSA) is 84.7 Å². The number of nitrogens with zero attached hydrogens (tertiary/aromatic N) is 1. The van der Waals surface area contributed by atoms with Gasteiger partial charge >= 0.3 is 0 Å². The number of piperidine rings is 1. The third kappa shape index (κ3) is 5.57. The monoisotopic (exact) mass is 271 g/mol. The number of amides is 2. The second-order valence-corrected chi connectivity index (χ2v) is 5.07. The molecule has 1 rings (SSSR count). The molecule has 110 valence electrons. The first-order chi connectivity index (χ1) is 9.04. The van der Waals surface area contributed by atoms with Gasteiger partial charge in [0.15, 0.2) is 0 Å². The Hall–Kier alpha value is -1.14. The Balaban J connectivity index is 2.40. The van der Waals surface area contributed by atoms with Crippen molar-refractivity contribution < 1.29 is 14.3 Å². The highest BCUT2D eigenvalue weighted by atomic mass is 16.5. The molecule has 1 fully saturated rings. The Kier molecular flexibility index (Phi) is 6.80. The quantitative estimate of drug-likeness (QED) is 0.659. The highest BCUT2D eigenvalue weighted by molar-refractivity contribution is 5.82. The van der Waals surface area contributed by atoms with Crippen LogP contribution in [0.3, 0.4) is 0 Å². The third-order valence-electron chi connectivity index (χ3n) is 3.32. The van der Waals surface area contributed by atoms with E-state index in [9.17, 15) is 9.59 Å². The molecule has 0 radical (unpaired) electrons. The lowest BCUT2D eigenvalue weighted by Crippen LogP contribution is -2.53. The molecule has 0 aliphatic carbocycles. The van der Waals surface area contributed by atoms with E-state index in [4.69, 9.17) is 10.5 Å². The third-order valence-corrected chi connectivity index (χ3v) is 3.32. The van der Waals surface area contributed by atoms with Crippen LogP contribution < -0.4 is 11.1 Å². The number of carbonyl (C=O) groups excluding carboxylic acids is 2. The second-order valence-electron chi connectivity index (χ2n) is 5.07. The van der Waals surface area contributed by atoms with Crippen molar-refractivity contribution in [3.8, 4) is 0 Å². The van der Waals surface area contributed by atoms with E-state index in [-0.39, 0.29) is 17.9 Å². The van der Waals surface area contributed by atoms with Crippen LogP contribution in [-0.2, 0) is 14.3 Å². The average Bonchev–Trinajstić information content (AvgIpc) is 2.37. The van der Waals surface area contributed by atoms with E-state index in [0.717, 1.165) is 25.8 Å². The minimum Gasteiger partial charge on any atom is -0.385 e. The molecule has 2 unspecified atom stereocenters. The molecule has 0 aromatic heterocycles. The molecule has 1 heterocycles. The fraction of sp³-hybridized carbons (Fsp3) is 0.846. The minimum absolute atomic E-state index is 0.0221. The maximum atomic E-state index is 12.2. The Labute approximate surface area is 114 Å². The summed E-state index contributed by atoms with van der Waals surface area (Å²) in [6.07, 6.45) is 3.24. The van der Waals surface area contributed by atoms with Crippen LogP contribution in [0.15, 0.2) is 0 Å². The lowest BCUT2D eigenvalue weighted by molar-refractivity contribution is -0.135. The molecule has 1 aliphatic rings. The number of rotatable bonds is 6. The molecule has 6 nitrogen and oxygen atoms in total. The van der Waals surface area contributed by atoms with Crippen LogP contribution >= 0.6 is 0 Å². The number of nitrogens with one attached hydrogen (secondary N) is 1.